The largest absolute Gasteiger partial charge is 0.497 e. The van der Waals surface area contributed by atoms with Crippen LogP contribution in [-0.2, 0) is 23.2 Å². The first-order valence-corrected chi connectivity index (χ1v) is 9.61. The second-order valence-electron chi connectivity index (χ2n) is 6.90. The van der Waals surface area contributed by atoms with E-state index in [1.54, 1.807) is 19.5 Å². The van der Waals surface area contributed by atoms with Crippen LogP contribution in [0.1, 0.15) is 23.1 Å². The number of benzene rings is 1. The number of methoxy groups -OCH3 is 1. The second-order valence-corrected chi connectivity index (χ2v) is 6.90. The Kier molecular flexibility index (Phi) is 6.92. The van der Waals surface area contributed by atoms with Crippen molar-refractivity contribution in [3.05, 3.63) is 90.0 Å². The van der Waals surface area contributed by atoms with Crippen molar-refractivity contribution >= 4 is 5.91 Å². The number of ether oxygens (including phenoxy) is 1. The van der Waals surface area contributed by atoms with E-state index in [2.05, 4.69) is 15.3 Å². The number of nitrogens with two attached hydrogens (primary N) is 1. The summed E-state index contributed by atoms with van der Waals surface area (Å²) in [4.78, 5) is 21.1. The maximum Gasteiger partial charge on any atom is 0.242 e. The Bertz CT molecular complexity index is 918. The summed E-state index contributed by atoms with van der Waals surface area (Å²) in [6, 6.07) is 15.3. The molecule has 6 nitrogen and oxygen atoms in total. The van der Waals surface area contributed by atoms with Crippen LogP contribution in [0.15, 0.2) is 73.3 Å². The van der Waals surface area contributed by atoms with Gasteiger partial charge in [0.1, 0.15) is 11.3 Å². The van der Waals surface area contributed by atoms with E-state index in [0.29, 0.717) is 25.1 Å². The van der Waals surface area contributed by atoms with E-state index in [1.165, 1.54) is 0 Å². The predicted molar refractivity (Wildman–Crippen MR) is 112 cm³/mol. The first-order chi connectivity index (χ1) is 14.1. The lowest BCUT2D eigenvalue weighted by Gasteiger charge is -2.33. The third kappa shape index (κ3) is 5.18. The Labute approximate surface area is 171 Å². The zero-order chi connectivity index (χ0) is 20.5. The molecule has 0 aliphatic rings. The maximum absolute atomic E-state index is 12.8. The van der Waals surface area contributed by atoms with Crippen molar-refractivity contribution in [2.45, 2.75) is 24.8 Å². The number of primary amides is 1. The first-order valence-electron chi connectivity index (χ1n) is 9.61. The standard InChI is InChI=1S/C23H26N4O2/c1-29-21-8-2-7-20(15-21)23(22(24)28,11-9-18-5-3-12-25-16-18)27-14-10-19-6-4-13-26-17-19/h2-8,12-13,15-17,27H,9-11,14H2,1H3,(H2,24,28). The van der Waals surface area contributed by atoms with Crippen LogP contribution in [0.2, 0.25) is 0 Å². The van der Waals surface area contributed by atoms with Gasteiger partial charge >= 0.3 is 0 Å². The SMILES string of the molecule is COc1cccc(C(CCc2cccnc2)(NCCc2cccnc2)C(N)=O)c1. The van der Waals surface area contributed by atoms with Crippen LogP contribution < -0.4 is 15.8 Å². The van der Waals surface area contributed by atoms with Gasteiger partial charge in [0.05, 0.1) is 7.11 Å². The molecule has 0 aliphatic carbocycles. The van der Waals surface area contributed by atoms with Crippen molar-refractivity contribution in [3.63, 3.8) is 0 Å². The fraction of sp³-hybridized carbons (Fsp3) is 0.261. The number of aryl methyl sites for hydroxylation is 1. The summed E-state index contributed by atoms with van der Waals surface area (Å²) in [5.41, 5.74) is 7.88. The highest BCUT2D eigenvalue weighted by Gasteiger charge is 2.38. The summed E-state index contributed by atoms with van der Waals surface area (Å²) in [7, 11) is 1.61. The van der Waals surface area contributed by atoms with E-state index in [4.69, 9.17) is 10.5 Å². The topological polar surface area (TPSA) is 90.1 Å². The molecule has 29 heavy (non-hydrogen) atoms. The third-order valence-corrected chi connectivity index (χ3v) is 5.06. The summed E-state index contributed by atoms with van der Waals surface area (Å²) in [6.07, 6.45) is 9.03. The van der Waals surface area contributed by atoms with Gasteiger partial charge in [-0.05, 0) is 60.2 Å². The van der Waals surface area contributed by atoms with E-state index in [-0.39, 0.29) is 0 Å². The van der Waals surface area contributed by atoms with Gasteiger partial charge in [0.2, 0.25) is 5.91 Å². The molecule has 0 saturated heterocycles. The van der Waals surface area contributed by atoms with Gasteiger partial charge < -0.3 is 10.5 Å². The number of aromatic nitrogens is 2. The predicted octanol–water partition coefficient (Wildman–Crippen LogP) is 2.63. The molecule has 0 saturated carbocycles. The van der Waals surface area contributed by atoms with Gasteiger partial charge in [-0.3, -0.25) is 20.1 Å². The molecule has 0 radical (unpaired) electrons. The molecular formula is C23H26N4O2. The molecule has 2 heterocycles. The van der Waals surface area contributed by atoms with Crippen LogP contribution in [0, 0.1) is 0 Å². The molecule has 0 fully saturated rings. The van der Waals surface area contributed by atoms with Gasteiger partial charge in [0, 0.05) is 31.3 Å². The maximum atomic E-state index is 12.8. The zero-order valence-electron chi connectivity index (χ0n) is 16.5. The fourth-order valence-electron chi connectivity index (χ4n) is 3.42. The minimum atomic E-state index is -1.02. The van der Waals surface area contributed by atoms with E-state index < -0.39 is 11.4 Å². The molecule has 1 amide bonds. The Morgan fingerprint density at radius 3 is 2.31 bits per heavy atom. The molecule has 3 aromatic rings. The molecule has 0 spiro atoms. The van der Waals surface area contributed by atoms with Gasteiger partial charge in [0.25, 0.3) is 0 Å². The van der Waals surface area contributed by atoms with Crippen LogP contribution >= 0.6 is 0 Å². The Hall–Kier alpha value is -3.25. The average molecular weight is 390 g/mol. The Balaban J connectivity index is 1.87. The highest BCUT2D eigenvalue weighted by molar-refractivity contribution is 5.86. The zero-order valence-corrected chi connectivity index (χ0v) is 16.5. The number of carbonyl (C=O) groups excluding carboxylic acids is 1. The number of carbonyl (C=O) groups is 1. The molecule has 0 aliphatic heterocycles. The monoisotopic (exact) mass is 390 g/mol. The van der Waals surface area contributed by atoms with E-state index >= 15 is 0 Å². The van der Waals surface area contributed by atoms with E-state index in [0.717, 1.165) is 23.1 Å². The van der Waals surface area contributed by atoms with Crippen LogP contribution in [0.5, 0.6) is 5.75 Å². The van der Waals surface area contributed by atoms with Crippen molar-refractivity contribution in [2.75, 3.05) is 13.7 Å². The van der Waals surface area contributed by atoms with Crippen LogP contribution in [-0.4, -0.2) is 29.5 Å². The number of amides is 1. The minimum absolute atomic E-state index is 0.416. The van der Waals surface area contributed by atoms with Crippen molar-refractivity contribution < 1.29 is 9.53 Å². The number of hydrogen-bond acceptors (Lipinski definition) is 5. The van der Waals surface area contributed by atoms with Gasteiger partial charge in [-0.2, -0.15) is 0 Å². The summed E-state index contributed by atoms with van der Waals surface area (Å²) in [6.45, 7) is 0.582. The number of pyridine rings is 2. The van der Waals surface area contributed by atoms with Crippen molar-refractivity contribution in [2.24, 2.45) is 5.73 Å². The first kappa shape index (κ1) is 20.5. The highest BCUT2D eigenvalue weighted by Crippen LogP contribution is 2.29. The smallest absolute Gasteiger partial charge is 0.242 e. The normalized spacial score (nSPS) is 12.9. The van der Waals surface area contributed by atoms with Crippen LogP contribution in [0.25, 0.3) is 0 Å². The molecule has 150 valence electrons. The van der Waals surface area contributed by atoms with Gasteiger partial charge in [0.15, 0.2) is 0 Å². The number of nitrogens with one attached hydrogen (secondary N) is 1. The average Bonchev–Trinajstić information content (AvgIpc) is 2.77. The molecule has 0 bridgehead atoms. The van der Waals surface area contributed by atoms with Gasteiger partial charge in [-0.25, -0.2) is 0 Å². The third-order valence-electron chi connectivity index (χ3n) is 5.06. The fourth-order valence-corrected chi connectivity index (χ4v) is 3.42. The lowest BCUT2D eigenvalue weighted by molar-refractivity contribution is -0.125. The molecular weight excluding hydrogens is 364 g/mol. The molecule has 6 heteroatoms. The molecule has 2 aromatic heterocycles. The van der Waals surface area contributed by atoms with Crippen LogP contribution in [0.4, 0.5) is 0 Å². The molecule has 3 N–H and O–H groups in total. The highest BCUT2D eigenvalue weighted by atomic mass is 16.5. The summed E-state index contributed by atoms with van der Waals surface area (Å²) < 4.78 is 5.37. The lowest BCUT2D eigenvalue weighted by atomic mass is 9.83. The lowest BCUT2D eigenvalue weighted by Crippen LogP contribution is -2.53. The molecule has 1 aromatic carbocycles. The Morgan fingerprint density at radius 1 is 1.03 bits per heavy atom. The summed E-state index contributed by atoms with van der Waals surface area (Å²) in [5, 5.41) is 3.44. The summed E-state index contributed by atoms with van der Waals surface area (Å²) >= 11 is 0. The Morgan fingerprint density at radius 2 is 1.72 bits per heavy atom. The minimum Gasteiger partial charge on any atom is -0.497 e. The number of nitrogens with zero attached hydrogens (tertiary/aromatic N) is 2. The molecule has 1 unspecified atom stereocenters. The number of hydrogen-bond donors (Lipinski definition) is 2. The van der Waals surface area contributed by atoms with Gasteiger partial charge in [-0.15, -0.1) is 0 Å². The second kappa shape index (κ2) is 9.80. The molecule has 3 rings (SSSR count). The summed E-state index contributed by atoms with van der Waals surface area (Å²) in [5.74, 6) is 0.268. The quantitative estimate of drug-likeness (QED) is 0.555. The van der Waals surface area contributed by atoms with Crippen molar-refractivity contribution in [3.8, 4) is 5.75 Å². The van der Waals surface area contributed by atoms with Crippen molar-refractivity contribution in [1.82, 2.24) is 15.3 Å². The van der Waals surface area contributed by atoms with Crippen molar-refractivity contribution in [1.29, 1.82) is 0 Å². The molecule has 1 atom stereocenters. The van der Waals surface area contributed by atoms with E-state index in [9.17, 15) is 4.79 Å². The van der Waals surface area contributed by atoms with Crippen LogP contribution in [0.3, 0.4) is 0 Å². The van der Waals surface area contributed by atoms with Gasteiger partial charge in [-0.1, -0.05) is 24.3 Å². The number of rotatable bonds is 10. The van der Waals surface area contributed by atoms with E-state index in [1.807, 2.05) is 60.9 Å².